The number of carbonyl (C=O) groups excluding carboxylic acids is 1. The zero-order valence-electron chi connectivity index (χ0n) is 17.3. The van der Waals surface area contributed by atoms with Crippen molar-refractivity contribution < 1.29 is 4.79 Å². The predicted octanol–water partition coefficient (Wildman–Crippen LogP) is 3.76. The van der Waals surface area contributed by atoms with Crippen molar-refractivity contribution in [2.45, 2.75) is 26.8 Å². The quantitative estimate of drug-likeness (QED) is 0.658. The van der Waals surface area contributed by atoms with Crippen LogP contribution in [0.1, 0.15) is 40.3 Å². The lowest BCUT2D eigenvalue weighted by Gasteiger charge is -2.38. The second kappa shape index (κ2) is 7.76. The second-order valence-electron chi connectivity index (χ2n) is 7.74. The molecule has 3 heterocycles. The minimum atomic E-state index is 0.0571. The average Bonchev–Trinajstić information content (AvgIpc) is 3.00. The Morgan fingerprint density at radius 3 is 2.52 bits per heavy atom. The molecule has 0 N–H and O–H groups in total. The third kappa shape index (κ3) is 3.63. The fourth-order valence-electron chi connectivity index (χ4n) is 4.23. The van der Waals surface area contributed by atoms with Gasteiger partial charge < -0.3 is 4.90 Å². The first-order chi connectivity index (χ1) is 13.9. The van der Waals surface area contributed by atoms with E-state index in [1.54, 1.807) is 4.68 Å². The molecule has 2 aromatic heterocycles. The summed E-state index contributed by atoms with van der Waals surface area (Å²) in [6, 6.07) is 10.1. The van der Waals surface area contributed by atoms with Crippen LogP contribution >= 0.6 is 11.6 Å². The largest absolute Gasteiger partial charge is 0.336 e. The van der Waals surface area contributed by atoms with Gasteiger partial charge in [-0.25, -0.2) is 4.98 Å². The molecule has 0 spiro atoms. The number of fused-ring (bicyclic) bond motifs is 1. The molecule has 29 heavy (non-hydrogen) atoms. The van der Waals surface area contributed by atoms with Gasteiger partial charge >= 0.3 is 0 Å². The van der Waals surface area contributed by atoms with E-state index in [1.165, 1.54) is 0 Å². The normalized spacial score (nSPS) is 16.4. The van der Waals surface area contributed by atoms with Crippen molar-refractivity contribution in [2.75, 3.05) is 26.2 Å². The van der Waals surface area contributed by atoms with Gasteiger partial charge in [-0.3, -0.25) is 14.4 Å². The van der Waals surface area contributed by atoms with Crippen molar-refractivity contribution >= 4 is 28.5 Å². The first-order valence-electron chi connectivity index (χ1n) is 9.95. The number of halogens is 1. The number of carbonyl (C=O) groups is 1. The summed E-state index contributed by atoms with van der Waals surface area (Å²) in [4.78, 5) is 22.2. The van der Waals surface area contributed by atoms with Crippen LogP contribution in [0, 0.1) is 13.8 Å². The van der Waals surface area contributed by atoms with E-state index in [-0.39, 0.29) is 11.9 Å². The van der Waals surface area contributed by atoms with Gasteiger partial charge in [-0.1, -0.05) is 29.8 Å². The number of rotatable bonds is 3. The number of aryl methyl sites for hydroxylation is 3. The van der Waals surface area contributed by atoms with Crippen molar-refractivity contribution in [1.82, 2.24) is 24.6 Å². The van der Waals surface area contributed by atoms with E-state index in [9.17, 15) is 4.79 Å². The van der Waals surface area contributed by atoms with E-state index >= 15 is 0 Å². The molecule has 1 aromatic carbocycles. The fourth-order valence-corrected chi connectivity index (χ4v) is 4.53. The van der Waals surface area contributed by atoms with Gasteiger partial charge in [-0.15, -0.1) is 0 Å². The van der Waals surface area contributed by atoms with Crippen molar-refractivity contribution in [3.63, 3.8) is 0 Å². The van der Waals surface area contributed by atoms with E-state index < -0.39 is 0 Å². The number of piperazine rings is 1. The van der Waals surface area contributed by atoms with Gasteiger partial charge in [-0.05, 0) is 38.5 Å². The number of hydrogen-bond donors (Lipinski definition) is 0. The molecule has 0 radical (unpaired) electrons. The summed E-state index contributed by atoms with van der Waals surface area (Å²) in [6.07, 6.45) is 0. The average molecular weight is 412 g/mol. The highest BCUT2D eigenvalue weighted by Gasteiger charge is 2.28. The smallest absolute Gasteiger partial charge is 0.254 e. The Hall–Kier alpha value is -2.44. The van der Waals surface area contributed by atoms with Crippen LogP contribution in [0.4, 0.5) is 0 Å². The van der Waals surface area contributed by atoms with Gasteiger partial charge in [-0.2, -0.15) is 5.10 Å². The lowest BCUT2D eigenvalue weighted by molar-refractivity contribution is 0.0584. The van der Waals surface area contributed by atoms with Gasteiger partial charge in [0.15, 0.2) is 5.65 Å². The molecular formula is C22H26ClN5O. The Kier molecular flexibility index (Phi) is 5.32. The maximum Gasteiger partial charge on any atom is 0.254 e. The zero-order chi connectivity index (χ0) is 20.7. The highest BCUT2D eigenvalue weighted by molar-refractivity contribution is 6.31. The molecule has 1 atom stereocenters. The molecule has 0 aliphatic carbocycles. The van der Waals surface area contributed by atoms with Gasteiger partial charge in [0.2, 0.25) is 0 Å². The van der Waals surface area contributed by atoms with Crippen LogP contribution in [0.5, 0.6) is 0 Å². The summed E-state index contributed by atoms with van der Waals surface area (Å²) in [7, 11) is 1.87. The van der Waals surface area contributed by atoms with Crippen LogP contribution < -0.4 is 0 Å². The van der Waals surface area contributed by atoms with Crippen LogP contribution in [0.2, 0.25) is 5.02 Å². The van der Waals surface area contributed by atoms with Crippen molar-refractivity contribution in [3.8, 4) is 0 Å². The molecule has 1 fully saturated rings. The van der Waals surface area contributed by atoms with Gasteiger partial charge in [0, 0.05) is 50.0 Å². The van der Waals surface area contributed by atoms with Gasteiger partial charge in [0.25, 0.3) is 5.91 Å². The van der Waals surface area contributed by atoms with Crippen molar-refractivity contribution in [2.24, 2.45) is 7.05 Å². The Bertz CT molecular complexity index is 1070. The Morgan fingerprint density at radius 2 is 1.83 bits per heavy atom. The third-order valence-electron chi connectivity index (χ3n) is 5.83. The Morgan fingerprint density at radius 1 is 1.14 bits per heavy atom. The number of benzene rings is 1. The third-order valence-corrected chi connectivity index (χ3v) is 6.18. The van der Waals surface area contributed by atoms with E-state index in [0.717, 1.165) is 46.1 Å². The molecule has 0 saturated carbocycles. The number of hydrogen-bond acceptors (Lipinski definition) is 4. The van der Waals surface area contributed by atoms with Gasteiger partial charge in [0.05, 0.1) is 16.6 Å². The summed E-state index contributed by atoms with van der Waals surface area (Å²) in [6.45, 7) is 9.04. The maximum atomic E-state index is 13.3. The topological polar surface area (TPSA) is 54.3 Å². The van der Waals surface area contributed by atoms with Crippen LogP contribution in [0.3, 0.4) is 0 Å². The number of amides is 1. The molecule has 1 aliphatic heterocycles. The second-order valence-corrected chi connectivity index (χ2v) is 8.15. The molecular weight excluding hydrogens is 386 g/mol. The fraction of sp³-hybridized carbons (Fsp3) is 0.409. The first kappa shape index (κ1) is 19.9. The molecule has 4 rings (SSSR count). The first-order valence-corrected chi connectivity index (χ1v) is 10.3. The lowest BCUT2D eigenvalue weighted by atomic mass is 10.1. The summed E-state index contributed by atoms with van der Waals surface area (Å²) in [5.74, 6) is 0.0571. The minimum absolute atomic E-state index is 0.0571. The van der Waals surface area contributed by atoms with Crippen molar-refractivity contribution in [1.29, 1.82) is 0 Å². The van der Waals surface area contributed by atoms with E-state index in [2.05, 4.69) is 28.0 Å². The highest BCUT2D eigenvalue weighted by Crippen LogP contribution is 2.29. The molecule has 1 aliphatic rings. The zero-order valence-corrected chi connectivity index (χ0v) is 18.1. The summed E-state index contributed by atoms with van der Waals surface area (Å²) < 4.78 is 1.75. The Balaban J connectivity index is 1.53. The molecule has 1 saturated heterocycles. The van der Waals surface area contributed by atoms with E-state index in [1.807, 2.05) is 50.1 Å². The van der Waals surface area contributed by atoms with Crippen LogP contribution in [-0.2, 0) is 7.05 Å². The monoisotopic (exact) mass is 411 g/mol. The van der Waals surface area contributed by atoms with Gasteiger partial charge in [0.1, 0.15) is 0 Å². The molecule has 3 aromatic rings. The number of nitrogens with zero attached hydrogens (tertiary/aromatic N) is 5. The summed E-state index contributed by atoms with van der Waals surface area (Å²) in [5.41, 5.74) is 4.26. The highest BCUT2D eigenvalue weighted by atomic mass is 35.5. The molecule has 1 amide bonds. The minimum Gasteiger partial charge on any atom is -0.336 e. The maximum absolute atomic E-state index is 13.3. The predicted molar refractivity (Wildman–Crippen MR) is 115 cm³/mol. The number of aromatic nitrogens is 3. The van der Waals surface area contributed by atoms with E-state index in [0.29, 0.717) is 18.7 Å². The molecule has 1 unspecified atom stereocenters. The SMILES string of the molecule is Cc1cc(C(=O)N2CCN(C(C)c3ccccc3Cl)CC2)c2c(C)nn(C)c2n1. The van der Waals surface area contributed by atoms with E-state index in [4.69, 9.17) is 11.6 Å². The summed E-state index contributed by atoms with van der Waals surface area (Å²) in [5, 5.41) is 6.11. The standard InChI is InChI=1S/C22H26ClN5O/c1-14-13-18(20-15(2)25-26(4)21(20)24-14)22(29)28-11-9-27(10-12-28)16(3)17-7-5-6-8-19(17)23/h5-8,13,16H,9-12H2,1-4H3. The van der Waals surface area contributed by atoms with Crippen LogP contribution in [0.25, 0.3) is 11.0 Å². The number of pyridine rings is 1. The van der Waals surface area contributed by atoms with Crippen LogP contribution in [-0.4, -0.2) is 56.7 Å². The van der Waals surface area contributed by atoms with Crippen molar-refractivity contribution in [3.05, 3.63) is 57.9 Å². The van der Waals surface area contributed by atoms with Crippen LogP contribution in [0.15, 0.2) is 30.3 Å². The molecule has 6 nitrogen and oxygen atoms in total. The molecule has 0 bridgehead atoms. The lowest BCUT2D eigenvalue weighted by Crippen LogP contribution is -2.49. The molecule has 152 valence electrons. The Labute approximate surface area is 176 Å². The molecule has 7 heteroatoms. The summed E-state index contributed by atoms with van der Waals surface area (Å²) >= 11 is 6.38.